The van der Waals surface area contributed by atoms with Crippen molar-refractivity contribution in [1.82, 2.24) is 0 Å². The lowest BCUT2D eigenvalue weighted by Gasteiger charge is -2.40. The molecule has 1 aliphatic heterocycles. The Kier molecular flexibility index (Phi) is 6.59. The third-order valence-corrected chi connectivity index (χ3v) is 3.37. The third-order valence-electron chi connectivity index (χ3n) is 3.37. The van der Waals surface area contributed by atoms with Crippen molar-refractivity contribution in [3.63, 3.8) is 0 Å². The van der Waals surface area contributed by atoms with Crippen molar-refractivity contribution in [2.45, 2.75) is 48.8 Å². The Labute approximate surface area is 119 Å². The molecule has 124 valence electrons. The zero-order valence-electron chi connectivity index (χ0n) is 10.9. The number of aliphatic hydroxyl groups is 8. The van der Waals surface area contributed by atoms with Crippen molar-refractivity contribution in [3.8, 4) is 0 Å². The molecule has 1 fully saturated rings. The van der Waals surface area contributed by atoms with Crippen LogP contribution in [0.2, 0.25) is 0 Å². The highest BCUT2D eigenvalue weighted by Gasteiger charge is 2.48. The second kappa shape index (κ2) is 7.54. The van der Waals surface area contributed by atoms with E-state index in [2.05, 4.69) is 0 Å². The molecular formula is C11H20O10. The number of carbonyl (C=O) groups is 1. The highest BCUT2D eigenvalue weighted by molar-refractivity contribution is 5.88. The van der Waals surface area contributed by atoms with Gasteiger partial charge in [0.05, 0.1) is 13.2 Å². The summed E-state index contributed by atoms with van der Waals surface area (Å²) in [4.78, 5) is 11.9. The summed E-state index contributed by atoms with van der Waals surface area (Å²) in [6.45, 7) is -1.67. The van der Waals surface area contributed by atoms with Crippen LogP contribution in [0.15, 0.2) is 0 Å². The summed E-state index contributed by atoms with van der Waals surface area (Å²) >= 11 is 0. The Balaban J connectivity index is 2.85. The Bertz CT molecular complexity index is 348. The number of hydrogen-bond acceptors (Lipinski definition) is 10. The van der Waals surface area contributed by atoms with E-state index in [0.717, 1.165) is 0 Å². The summed E-state index contributed by atoms with van der Waals surface area (Å²) in [6.07, 6.45) is -14.6. The number of aliphatic hydroxyl groups excluding tert-OH is 8. The average Bonchev–Trinajstić information content (AvgIpc) is 2.50. The Morgan fingerprint density at radius 2 is 1.57 bits per heavy atom. The van der Waals surface area contributed by atoms with Crippen LogP contribution in [0.3, 0.4) is 0 Å². The van der Waals surface area contributed by atoms with Gasteiger partial charge in [0.15, 0.2) is 5.78 Å². The summed E-state index contributed by atoms with van der Waals surface area (Å²) in [7, 11) is 0. The van der Waals surface area contributed by atoms with Crippen molar-refractivity contribution in [3.05, 3.63) is 0 Å². The monoisotopic (exact) mass is 312 g/mol. The van der Waals surface area contributed by atoms with E-state index >= 15 is 0 Å². The molecule has 1 rings (SSSR count). The van der Waals surface area contributed by atoms with Gasteiger partial charge in [-0.15, -0.1) is 0 Å². The predicted octanol–water partition coefficient (Wildman–Crippen LogP) is -5.53. The number of ketones is 1. The summed E-state index contributed by atoms with van der Waals surface area (Å²) in [5, 5.41) is 74.5. The van der Waals surface area contributed by atoms with Crippen LogP contribution in [-0.2, 0) is 9.53 Å². The first-order chi connectivity index (χ1) is 9.76. The van der Waals surface area contributed by atoms with Gasteiger partial charge in [-0.1, -0.05) is 0 Å². The fraction of sp³-hybridized carbons (Fsp3) is 0.909. The molecule has 1 aliphatic rings. The van der Waals surface area contributed by atoms with Gasteiger partial charge in [-0.3, -0.25) is 4.79 Å². The molecule has 10 heteroatoms. The highest BCUT2D eigenvalue weighted by Crippen LogP contribution is 2.23. The van der Waals surface area contributed by atoms with Gasteiger partial charge in [0.1, 0.15) is 48.8 Å². The van der Waals surface area contributed by atoms with Crippen LogP contribution in [0.25, 0.3) is 0 Å². The van der Waals surface area contributed by atoms with Gasteiger partial charge in [0, 0.05) is 0 Å². The minimum absolute atomic E-state index is 0.757. The lowest BCUT2D eigenvalue weighted by molar-refractivity contribution is -0.230. The maximum absolute atomic E-state index is 11.9. The Morgan fingerprint density at radius 1 is 1.00 bits per heavy atom. The van der Waals surface area contributed by atoms with Gasteiger partial charge in [-0.25, -0.2) is 0 Å². The average molecular weight is 312 g/mol. The number of ether oxygens (including phenoxy) is 1. The molecule has 1 heterocycles. The smallest absolute Gasteiger partial charge is 0.195 e. The molecule has 21 heavy (non-hydrogen) atoms. The van der Waals surface area contributed by atoms with Crippen LogP contribution in [0, 0.1) is 0 Å². The van der Waals surface area contributed by atoms with E-state index in [1.165, 1.54) is 0 Å². The molecule has 0 aromatic carbocycles. The van der Waals surface area contributed by atoms with Gasteiger partial charge in [0.25, 0.3) is 0 Å². The summed E-state index contributed by atoms with van der Waals surface area (Å²) in [5.41, 5.74) is 0. The van der Waals surface area contributed by atoms with Crippen LogP contribution in [0.4, 0.5) is 0 Å². The van der Waals surface area contributed by atoms with Crippen molar-refractivity contribution in [1.29, 1.82) is 0 Å². The van der Waals surface area contributed by atoms with E-state index in [1.807, 2.05) is 0 Å². The molecular weight excluding hydrogens is 292 g/mol. The van der Waals surface area contributed by atoms with Crippen molar-refractivity contribution in [2.75, 3.05) is 13.2 Å². The molecule has 0 radical (unpaired) electrons. The van der Waals surface area contributed by atoms with Crippen LogP contribution < -0.4 is 0 Å². The number of carbonyl (C=O) groups excluding carboxylic acids is 1. The number of Topliss-reactive ketones (excluding diaryl/α,β-unsaturated/α-hetero) is 1. The topological polar surface area (TPSA) is 188 Å². The van der Waals surface area contributed by atoms with Gasteiger partial charge in [-0.05, 0) is 0 Å². The molecule has 0 amide bonds. The minimum Gasteiger partial charge on any atom is -0.394 e. The molecule has 0 spiro atoms. The van der Waals surface area contributed by atoms with Gasteiger partial charge >= 0.3 is 0 Å². The molecule has 0 unspecified atom stereocenters. The van der Waals surface area contributed by atoms with Crippen molar-refractivity contribution >= 4 is 5.78 Å². The fourth-order valence-corrected chi connectivity index (χ4v) is 1.99. The van der Waals surface area contributed by atoms with Gasteiger partial charge in [0.2, 0.25) is 0 Å². The van der Waals surface area contributed by atoms with E-state index < -0.39 is 67.8 Å². The highest BCUT2D eigenvalue weighted by atomic mass is 16.5. The predicted molar refractivity (Wildman–Crippen MR) is 63.9 cm³/mol. The molecule has 1 saturated heterocycles. The molecule has 0 saturated carbocycles. The molecule has 8 atom stereocenters. The second-order valence-corrected chi connectivity index (χ2v) is 4.84. The first kappa shape index (κ1) is 18.4. The lowest BCUT2D eigenvalue weighted by atomic mass is 9.90. The lowest BCUT2D eigenvalue weighted by Crippen LogP contribution is -2.63. The Hall–Kier alpha value is -0.690. The van der Waals surface area contributed by atoms with Crippen LogP contribution in [0.5, 0.6) is 0 Å². The fourth-order valence-electron chi connectivity index (χ4n) is 1.99. The summed E-state index contributed by atoms with van der Waals surface area (Å²) in [5.74, 6) is -1.27. The molecule has 0 aromatic rings. The normalized spacial score (nSPS) is 37.8. The van der Waals surface area contributed by atoms with Crippen LogP contribution in [0.1, 0.15) is 0 Å². The van der Waals surface area contributed by atoms with Crippen LogP contribution >= 0.6 is 0 Å². The third kappa shape index (κ3) is 3.74. The molecule has 0 bridgehead atoms. The first-order valence-corrected chi connectivity index (χ1v) is 6.25. The number of rotatable bonds is 6. The van der Waals surface area contributed by atoms with E-state index in [9.17, 15) is 30.3 Å². The summed E-state index contributed by atoms with van der Waals surface area (Å²) in [6, 6.07) is 0. The largest absolute Gasteiger partial charge is 0.394 e. The first-order valence-electron chi connectivity index (χ1n) is 6.25. The van der Waals surface area contributed by atoms with E-state index in [4.69, 9.17) is 20.1 Å². The SMILES string of the molecule is O=C([C@H]1O[C@H](CO)[C@@H](O)[C@H](O)[C@@H]1O)[C@H](O)[C@@H](O)[C@H](O)CO. The summed E-state index contributed by atoms with van der Waals surface area (Å²) < 4.78 is 4.90. The molecule has 8 N–H and O–H groups in total. The van der Waals surface area contributed by atoms with E-state index in [-0.39, 0.29) is 0 Å². The van der Waals surface area contributed by atoms with Crippen molar-refractivity contribution in [2.24, 2.45) is 0 Å². The molecule has 0 aliphatic carbocycles. The number of hydrogen-bond donors (Lipinski definition) is 8. The molecule has 0 aromatic heterocycles. The van der Waals surface area contributed by atoms with E-state index in [1.54, 1.807) is 0 Å². The zero-order chi connectivity index (χ0) is 16.3. The van der Waals surface area contributed by atoms with Gasteiger partial charge in [-0.2, -0.15) is 0 Å². The van der Waals surface area contributed by atoms with Crippen molar-refractivity contribution < 1.29 is 50.4 Å². The molecule has 10 nitrogen and oxygen atoms in total. The Morgan fingerprint density at radius 3 is 2.05 bits per heavy atom. The minimum atomic E-state index is -2.20. The maximum Gasteiger partial charge on any atom is 0.195 e. The maximum atomic E-state index is 11.9. The van der Waals surface area contributed by atoms with Gasteiger partial charge < -0.3 is 45.6 Å². The quantitative estimate of drug-likeness (QED) is 0.235. The van der Waals surface area contributed by atoms with E-state index in [0.29, 0.717) is 0 Å². The second-order valence-electron chi connectivity index (χ2n) is 4.84. The standard InChI is InChI=1S/C11H20O10/c12-1-3(14)5(15)7(17)9(19)11-10(20)8(18)6(16)4(2-13)21-11/h3-8,10-18,20H,1-2H2/t3-,4-,5+,6-,7-,8+,10+,11-/m1/s1. The van der Waals surface area contributed by atoms with Crippen LogP contribution in [-0.4, -0.2) is 109 Å². The zero-order valence-corrected chi connectivity index (χ0v) is 10.9.